The van der Waals surface area contributed by atoms with Gasteiger partial charge in [0.25, 0.3) is 0 Å². The maximum absolute atomic E-state index is 12.7. The Labute approximate surface area is 142 Å². The fourth-order valence-electron chi connectivity index (χ4n) is 3.63. The van der Waals surface area contributed by atoms with Gasteiger partial charge >= 0.3 is 0 Å². The van der Waals surface area contributed by atoms with Gasteiger partial charge in [-0.3, -0.25) is 4.79 Å². The van der Waals surface area contributed by atoms with Crippen molar-refractivity contribution in [3.63, 3.8) is 0 Å². The predicted molar refractivity (Wildman–Crippen MR) is 91.7 cm³/mol. The van der Waals surface area contributed by atoms with E-state index in [4.69, 9.17) is 10.5 Å². The van der Waals surface area contributed by atoms with E-state index in [1.54, 1.807) is 12.0 Å². The number of sulfone groups is 1. The standard InChI is InChI=1S/C17H24N2O4S/c1-23-14-4-2-3-13(9-14)15-10-19(11-16(15)18)17(20)12-5-7-24(21,22)8-6-12/h2-4,9,12,15-16H,5-8,10-11,18H2,1H3/t15-,16+/m0/s1. The summed E-state index contributed by atoms with van der Waals surface area (Å²) in [4.78, 5) is 14.5. The fraction of sp³-hybridized carbons (Fsp3) is 0.588. The zero-order chi connectivity index (χ0) is 17.3. The lowest BCUT2D eigenvalue weighted by Crippen LogP contribution is -2.39. The third-order valence-electron chi connectivity index (χ3n) is 5.10. The third-order valence-corrected chi connectivity index (χ3v) is 6.82. The summed E-state index contributed by atoms with van der Waals surface area (Å²) in [6.45, 7) is 1.10. The second-order valence-electron chi connectivity index (χ2n) is 6.72. The monoisotopic (exact) mass is 352 g/mol. The van der Waals surface area contributed by atoms with Gasteiger partial charge in [0.05, 0.1) is 18.6 Å². The number of benzene rings is 1. The van der Waals surface area contributed by atoms with Crippen molar-refractivity contribution in [3.05, 3.63) is 29.8 Å². The minimum absolute atomic E-state index is 0.0470. The Bertz CT molecular complexity index is 705. The summed E-state index contributed by atoms with van der Waals surface area (Å²) in [5, 5.41) is 0. The van der Waals surface area contributed by atoms with E-state index in [9.17, 15) is 13.2 Å². The molecule has 0 spiro atoms. The van der Waals surface area contributed by atoms with Crippen molar-refractivity contribution in [2.75, 3.05) is 31.7 Å². The molecule has 0 saturated carbocycles. The Morgan fingerprint density at radius 1 is 1.25 bits per heavy atom. The number of carbonyl (C=O) groups excluding carboxylic acids is 1. The maximum Gasteiger partial charge on any atom is 0.225 e. The Balaban J connectivity index is 1.68. The first kappa shape index (κ1) is 17.2. The number of hydrogen-bond donors (Lipinski definition) is 1. The highest BCUT2D eigenvalue weighted by Crippen LogP contribution is 2.31. The van der Waals surface area contributed by atoms with Crippen LogP contribution in [0.3, 0.4) is 0 Å². The van der Waals surface area contributed by atoms with Crippen LogP contribution in [-0.2, 0) is 14.6 Å². The zero-order valence-electron chi connectivity index (χ0n) is 13.8. The highest BCUT2D eigenvalue weighted by atomic mass is 32.2. The van der Waals surface area contributed by atoms with Crippen molar-refractivity contribution in [1.82, 2.24) is 4.90 Å². The molecule has 0 aliphatic carbocycles. The van der Waals surface area contributed by atoms with Gasteiger partial charge in [-0.1, -0.05) is 12.1 Å². The summed E-state index contributed by atoms with van der Waals surface area (Å²) in [6, 6.07) is 7.67. The van der Waals surface area contributed by atoms with Gasteiger partial charge in [-0.15, -0.1) is 0 Å². The number of ether oxygens (including phenoxy) is 1. The molecule has 0 unspecified atom stereocenters. The van der Waals surface area contributed by atoms with E-state index < -0.39 is 9.84 Å². The second-order valence-corrected chi connectivity index (χ2v) is 9.02. The molecule has 0 bridgehead atoms. The summed E-state index contributed by atoms with van der Waals surface area (Å²) in [5.74, 6) is 0.944. The van der Waals surface area contributed by atoms with E-state index in [0.717, 1.165) is 11.3 Å². The van der Waals surface area contributed by atoms with Crippen molar-refractivity contribution in [1.29, 1.82) is 0 Å². The number of amides is 1. The molecule has 2 aliphatic heterocycles. The molecule has 2 saturated heterocycles. The summed E-state index contributed by atoms with van der Waals surface area (Å²) in [5.41, 5.74) is 7.35. The van der Waals surface area contributed by atoms with Gasteiger partial charge in [-0.25, -0.2) is 8.42 Å². The number of nitrogens with zero attached hydrogens (tertiary/aromatic N) is 1. The number of hydrogen-bond acceptors (Lipinski definition) is 5. The molecule has 6 nitrogen and oxygen atoms in total. The van der Waals surface area contributed by atoms with Crippen LogP contribution in [0.2, 0.25) is 0 Å². The summed E-state index contributed by atoms with van der Waals surface area (Å²) in [7, 11) is -1.33. The van der Waals surface area contributed by atoms with E-state index in [1.807, 2.05) is 24.3 Å². The Kier molecular flexibility index (Phi) is 4.83. The molecule has 1 aromatic rings. The molecular weight excluding hydrogens is 328 g/mol. The number of rotatable bonds is 3. The zero-order valence-corrected chi connectivity index (χ0v) is 14.7. The fourth-order valence-corrected chi connectivity index (χ4v) is 5.12. The van der Waals surface area contributed by atoms with Crippen LogP contribution >= 0.6 is 0 Å². The number of likely N-dealkylation sites (tertiary alicyclic amines) is 1. The van der Waals surface area contributed by atoms with E-state index in [2.05, 4.69) is 0 Å². The van der Waals surface area contributed by atoms with Crippen molar-refractivity contribution < 1.29 is 17.9 Å². The SMILES string of the molecule is COc1cccc([C@@H]2CN(C(=O)C3CCS(=O)(=O)CC3)C[C@H]2N)c1. The Hall–Kier alpha value is -1.60. The highest BCUT2D eigenvalue weighted by Gasteiger charge is 2.38. The lowest BCUT2D eigenvalue weighted by molar-refractivity contribution is -0.134. The normalized spacial score (nSPS) is 27.2. The predicted octanol–water partition coefficient (Wildman–Crippen LogP) is 0.773. The molecule has 2 atom stereocenters. The molecule has 132 valence electrons. The van der Waals surface area contributed by atoms with Crippen molar-refractivity contribution in [3.8, 4) is 5.75 Å². The molecule has 2 fully saturated rings. The molecule has 0 radical (unpaired) electrons. The van der Waals surface area contributed by atoms with Crippen LogP contribution in [-0.4, -0.2) is 57.0 Å². The van der Waals surface area contributed by atoms with E-state index in [1.165, 1.54) is 0 Å². The summed E-state index contributed by atoms with van der Waals surface area (Å²) < 4.78 is 28.3. The van der Waals surface area contributed by atoms with Crippen molar-refractivity contribution in [2.45, 2.75) is 24.8 Å². The van der Waals surface area contributed by atoms with Crippen LogP contribution in [0.5, 0.6) is 5.75 Å². The van der Waals surface area contributed by atoms with Crippen LogP contribution in [0.25, 0.3) is 0 Å². The van der Waals surface area contributed by atoms with Gasteiger partial charge in [-0.05, 0) is 30.5 Å². The minimum atomic E-state index is -2.95. The van der Waals surface area contributed by atoms with Crippen LogP contribution in [0.4, 0.5) is 0 Å². The van der Waals surface area contributed by atoms with Crippen LogP contribution in [0.1, 0.15) is 24.3 Å². The van der Waals surface area contributed by atoms with Gasteiger partial charge in [0, 0.05) is 31.0 Å². The van der Waals surface area contributed by atoms with Crippen LogP contribution in [0, 0.1) is 5.92 Å². The van der Waals surface area contributed by atoms with Gasteiger partial charge in [-0.2, -0.15) is 0 Å². The molecule has 1 aromatic carbocycles. The summed E-state index contributed by atoms with van der Waals surface area (Å²) in [6.07, 6.45) is 0.855. The highest BCUT2D eigenvalue weighted by molar-refractivity contribution is 7.91. The molecule has 7 heteroatoms. The molecular formula is C17H24N2O4S. The van der Waals surface area contributed by atoms with Crippen LogP contribution in [0.15, 0.2) is 24.3 Å². The average Bonchev–Trinajstić information content (AvgIpc) is 2.96. The lowest BCUT2D eigenvalue weighted by atomic mass is 9.95. The minimum Gasteiger partial charge on any atom is -0.497 e. The molecule has 3 rings (SSSR count). The van der Waals surface area contributed by atoms with Crippen molar-refractivity contribution >= 4 is 15.7 Å². The quantitative estimate of drug-likeness (QED) is 0.868. The molecule has 2 N–H and O–H groups in total. The molecule has 2 heterocycles. The molecule has 2 aliphatic rings. The molecule has 24 heavy (non-hydrogen) atoms. The van der Waals surface area contributed by atoms with Gasteiger partial charge in [0.1, 0.15) is 15.6 Å². The average molecular weight is 352 g/mol. The first-order chi connectivity index (χ1) is 11.4. The van der Waals surface area contributed by atoms with Crippen LogP contribution < -0.4 is 10.5 Å². The topological polar surface area (TPSA) is 89.7 Å². The Morgan fingerprint density at radius 2 is 1.96 bits per heavy atom. The first-order valence-electron chi connectivity index (χ1n) is 8.28. The number of methoxy groups -OCH3 is 1. The largest absolute Gasteiger partial charge is 0.497 e. The second kappa shape index (κ2) is 6.72. The maximum atomic E-state index is 12.7. The first-order valence-corrected chi connectivity index (χ1v) is 10.1. The smallest absolute Gasteiger partial charge is 0.225 e. The third kappa shape index (κ3) is 3.57. The van der Waals surface area contributed by atoms with Gasteiger partial charge < -0.3 is 15.4 Å². The van der Waals surface area contributed by atoms with Gasteiger partial charge in [0.15, 0.2) is 0 Å². The van der Waals surface area contributed by atoms with E-state index in [-0.39, 0.29) is 35.3 Å². The number of carbonyl (C=O) groups is 1. The number of nitrogens with two attached hydrogens (primary N) is 1. The lowest BCUT2D eigenvalue weighted by Gasteiger charge is -2.26. The summed E-state index contributed by atoms with van der Waals surface area (Å²) >= 11 is 0. The van der Waals surface area contributed by atoms with E-state index in [0.29, 0.717) is 25.9 Å². The van der Waals surface area contributed by atoms with E-state index >= 15 is 0 Å². The molecule has 1 amide bonds. The molecule has 0 aromatic heterocycles. The van der Waals surface area contributed by atoms with Crippen molar-refractivity contribution in [2.24, 2.45) is 11.7 Å². The van der Waals surface area contributed by atoms with Gasteiger partial charge in [0.2, 0.25) is 5.91 Å². The Morgan fingerprint density at radius 3 is 2.62 bits per heavy atom.